The number of thiophene rings is 1. The van der Waals surface area contributed by atoms with E-state index in [0.29, 0.717) is 12.8 Å². The van der Waals surface area contributed by atoms with Crippen molar-refractivity contribution in [2.24, 2.45) is 0 Å². The highest BCUT2D eigenvalue weighted by atomic mass is 32.1. The van der Waals surface area contributed by atoms with Gasteiger partial charge in [0.15, 0.2) is 0 Å². The van der Waals surface area contributed by atoms with E-state index >= 15 is 0 Å². The molecule has 1 atom stereocenters. The van der Waals surface area contributed by atoms with E-state index in [1.54, 1.807) is 18.4 Å². The number of aldehydes is 1. The third-order valence-electron chi connectivity index (χ3n) is 3.94. The molecule has 1 fully saturated rings. The van der Waals surface area contributed by atoms with Crippen LogP contribution >= 0.6 is 11.3 Å². The minimum Gasteiger partial charge on any atom is -0.373 e. The normalized spacial score (nSPS) is 13.9. The highest BCUT2D eigenvalue weighted by Gasteiger charge is 2.26. The topological polar surface area (TPSA) is 70.2 Å². The molecule has 0 bridgehead atoms. The molecule has 0 spiro atoms. The Balaban J connectivity index is 2.26. The lowest BCUT2D eigenvalue weighted by atomic mass is 10.1. The van der Waals surface area contributed by atoms with Gasteiger partial charge in [-0.2, -0.15) is 0 Å². The van der Waals surface area contributed by atoms with Gasteiger partial charge in [-0.05, 0) is 44.2 Å². The fourth-order valence-corrected chi connectivity index (χ4v) is 3.57. The summed E-state index contributed by atoms with van der Waals surface area (Å²) in [6.07, 6.45) is 3.80. The van der Waals surface area contributed by atoms with Gasteiger partial charge in [0.2, 0.25) is 5.91 Å². The smallest absolute Gasteiger partial charge is 0.242 e. The summed E-state index contributed by atoms with van der Waals surface area (Å²) in [6.45, 7) is 7.89. The summed E-state index contributed by atoms with van der Waals surface area (Å²) in [5.41, 5.74) is 5.54. The van der Waals surface area contributed by atoms with Crippen molar-refractivity contribution in [3.05, 3.63) is 34.4 Å². The molecule has 2 rings (SSSR count). The van der Waals surface area contributed by atoms with Gasteiger partial charge in [0.1, 0.15) is 12.3 Å². The highest BCUT2D eigenvalue weighted by molar-refractivity contribution is 7.14. The van der Waals surface area contributed by atoms with Gasteiger partial charge >= 0.3 is 0 Å². The fourth-order valence-electron chi connectivity index (χ4n) is 2.52. The maximum absolute atomic E-state index is 12.1. The van der Waals surface area contributed by atoms with E-state index in [-0.39, 0.29) is 5.91 Å². The lowest BCUT2D eigenvalue weighted by Gasteiger charge is -2.20. The number of anilines is 1. The highest BCUT2D eigenvalue weighted by Crippen LogP contribution is 2.40. The minimum atomic E-state index is -0.403. The van der Waals surface area contributed by atoms with Gasteiger partial charge in [-0.3, -0.25) is 4.79 Å². The number of amides is 1. The molecule has 1 heterocycles. The van der Waals surface area contributed by atoms with Crippen molar-refractivity contribution < 1.29 is 9.59 Å². The molecule has 1 aliphatic carbocycles. The molecule has 1 aromatic heterocycles. The van der Waals surface area contributed by atoms with Crippen LogP contribution in [0.1, 0.15) is 43.7 Å². The number of allylic oxidation sites excluding steroid dienone is 2. The average molecular weight is 347 g/mol. The first-order valence-electron chi connectivity index (χ1n) is 8.12. The molecule has 1 aromatic rings. The molecule has 5 nitrogen and oxygen atoms in total. The zero-order valence-electron chi connectivity index (χ0n) is 14.5. The van der Waals surface area contributed by atoms with Gasteiger partial charge in [0.25, 0.3) is 0 Å². The van der Waals surface area contributed by atoms with Crippen molar-refractivity contribution in [1.29, 1.82) is 0 Å². The Labute approximate surface area is 147 Å². The molecule has 130 valence electrons. The van der Waals surface area contributed by atoms with Crippen molar-refractivity contribution in [3.8, 4) is 0 Å². The van der Waals surface area contributed by atoms with E-state index in [2.05, 4.69) is 34.8 Å². The SMILES string of the molecule is C=C(C)Nc1scc(C(NC(CCC=O)C(=O)NC)=C2CC2)c1C. The summed E-state index contributed by atoms with van der Waals surface area (Å²) in [5, 5.41) is 12.5. The first-order valence-corrected chi connectivity index (χ1v) is 9.00. The van der Waals surface area contributed by atoms with Gasteiger partial charge in [-0.1, -0.05) is 6.58 Å². The van der Waals surface area contributed by atoms with E-state index < -0.39 is 6.04 Å². The van der Waals surface area contributed by atoms with Crippen LogP contribution in [0.3, 0.4) is 0 Å². The van der Waals surface area contributed by atoms with Crippen LogP contribution in [-0.2, 0) is 9.59 Å². The number of nitrogens with one attached hydrogen (secondary N) is 3. The van der Waals surface area contributed by atoms with E-state index in [4.69, 9.17) is 0 Å². The largest absolute Gasteiger partial charge is 0.373 e. The van der Waals surface area contributed by atoms with Crippen molar-refractivity contribution in [3.63, 3.8) is 0 Å². The Bertz CT molecular complexity index is 670. The van der Waals surface area contributed by atoms with Gasteiger partial charge in [-0.15, -0.1) is 11.3 Å². The van der Waals surface area contributed by atoms with E-state index in [1.165, 1.54) is 5.57 Å². The molecule has 24 heavy (non-hydrogen) atoms. The molecule has 6 heteroatoms. The first kappa shape index (κ1) is 18.3. The second-order valence-corrected chi connectivity index (χ2v) is 6.92. The van der Waals surface area contributed by atoms with Crippen molar-refractivity contribution in [2.75, 3.05) is 12.4 Å². The van der Waals surface area contributed by atoms with Gasteiger partial charge in [0.05, 0.1) is 5.00 Å². The Morgan fingerprint density at radius 3 is 2.71 bits per heavy atom. The number of carbonyl (C=O) groups excluding carboxylic acids is 2. The summed E-state index contributed by atoms with van der Waals surface area (Å²) in [6, 6.07) is -0.403. The molecule has 1 unspecified atom stereocenters. The standard InChI is InChI=1S/C18H25N3O2S/c1-11(2)20-18-12(3)14(10-24-18)16(13-7-8-13)21-15(6-5-9-22)17(23)19-4/h9-10,15,20-21H,1,5-8H2,2-4H3,(H,19,23). The third kappa shape index (κ3) is 4.47. The Kier molecular flexibility index (Phi) is 6.20. The number of carbonyl (C=O) groups is 2. The Hall–Kier alpha value is -2.08. The second kappa shape index (κ2) is 8.15. The summed E-state index contributed by atoms with van der Waals surface area (Å²) >= 11 is 1.63. The van der Waals surface area contributed by atoms with Crippen molar-refractivity contribution in [1.82, 2.24) is 10.6 Å². The van der Waals surface area contributed by atoms with Gasteiger partial charge in [-0.25, -0.2) is 0 Å². The van der Waals surface area contributed by atoms with Crippen LogP contribution in [0.15, 0.2) is 23.2 Å². The number of likely N-dealkylation sites (N-methyl/N-ethyl adjacent to an activating group) is 1. The van der Waals surface area contributed by atoms with E-state index in [9.17, 15) is 9.59 Å². The quantitative estimate of drug-likeness (QED) is 0.600. The molecular weight excluding hydrogens is 322 g/mol. The van der Waals surface area contributed by atoms with Crippen molar-refractivity contribution in [2.45, 2.75) is 45.6 Å². The van der Waals surface area contributed by atoms with Gasteiger partial charge < -0.3 is 20.7 Å². The molecule has 0 aliphatic heterocycles. The molecule has 1 saturated carbocycles. The third-order valence-corrected chi connectivity index (χ3v) is 4.94. The molecule has 1 amide bonds. The molecule has 1 aliphatic rings. The summed E-state index contributed by atoms with van der Waals surface area (Å²) in [5.74, 6) is -0.0937. The van der Waals surface area contributed by atoms with Crippen LogP contribution in [0.2, 0.25) is 0 Å². The average Bonchev–Trinajstić information content (AvgIpc) is 3.33. The number of hydrogen-bond acceptors (Lipinski definition) is 5. The van der Waals surface area contributed by atoms with Crippen LogP contribution in [0, 0.1) is 6.92 Å². The van der Waals surface area contributed by atoms with Crippen LogP contribution in [-0.4, -0.2) is 25.3 Å². The van der Waals surface area contributed by atoms with Crippen molar-refractivity contribution >= 4 is 34.2 Å². The van der Waals surface area contributed by atoms with E-state index in [1.807, 2.05) is 6.92 Å². The molecule has 0 saturated heterocycles. The lowest BCUT2D eigenvalue weighted by Crippen LogP contribution is -2.42. The van der Waals surface area contributed by atoms with Gasteiger partial charge in [0, 0.05) is 35.8 Å². The summed E-state index contributed by atoms with van der Waals surface area (Å²) in [4.78, 5) is 22.8. The molecule has 0 aromatic carbocycles. The maximum Gasteiger partial charge on any atom is 0.242 e. The molecule has 3 N–H and O–H groups in total. The molecular formula is C18H25N3O2S. The molecule has 0 radical (unpaired) electrons. The maximum atomic E-state index is 12.1. The fraction of sp³-hybridized carbons (Fsp3) is 0.444. The van der Waals surface area contributed by atoms with Crippen LogP contribution in [0.4, 0.5) is 5.00 Å². The Morgan fingerprint density at radius 2 is 2.17 bits per heavy atom. The number of rotatable bonds is 9. The summed E-state index contributed by atoms with van der Waals surface area (Å²) in [7, 11) is 1.62. The lowest BCUT2D eigenvalue weighted by molar-refractivity contribution is -0.122. The predicted octanol–water partition coefficient (Wildman–Crippen LogP) is 3.19. The number of hydrogen-bond donors (Lipinski definition) is 3. The predicted molar refractivity (Wildman–Crippen MR) is 99.9 cm³/mol. The van der Waals surface area contributed by atoms with Crippen LogP contribution < -0.4 is 16.0 Å². The monoisotopic (exact) mass is 347 g/mol. The van der Waals surface area contributed by atoms with E-state index in [0.717, 1.165) is 46.6 Å². The van der Waals surface area contributed by atoms with Crippen LogP contribution in [0.5, 0.6) is 0 Å². The summed E-state index contributed by atoms with van der Waals surface area (Å²) < 4.78 is 0. The Morgan fingerprint density at radius 1 is 1.46 bits per heavy atom. The zero-order valence-corrected chi connectivity index (χ0v) is 15.3. The van der Waals surface area contributed by atoms with Crippen LogP contribution in [0.25, 0.3) is 5.70 Å². The second-order valence-electron chi connectivity index (χ2n) is 6.04. The zero-order chi connectivity index (χ0) is 17.7. The first-order chi connectivity index (χ1) is 11.5. The minimum absolute atomic E-state index is 0.0937.